The first-order chi connectivity index (χ1) is 8.92. The molecule has 1 nitrogen and oxygen atoms in total. The van der Waals surface area contributed by atoms with Crippen molar-refractivity contribution in [2.45, 2.75) is 5.92 Å². The molecule has 2 aromatic carbocycles. The Labute approximate surface area is 125 Å². The van der Waals surface area contributed by atoms with Crippen LogP contribution in [-0.4, -0.2) is 20.4 Å². The standard InChI is InChI=1S/C15H15IOSi/c16-12-18-17-11-15(13-7-3-1-4-8-13)14-9-5-2-6-10-14/h1-10,15H,11-12H2. The highest BCUT2D eigenvalue weighted by molar-refractivity contribution is 14.1. The monoisotopic (exact) mass is 366 g/mol. The van der Waals surface area contributed by atoms with Gasteiger partial charge in [0.05, 0.1) is 0 Å². The van der Waals surface area contributed by atoms with E-state index in [0.29, 0.717) is 15.7 Å². The van der Waals surface area contributed by atoms with Gasteiger partial charge >= 0.3 is 0 Å². The summed E-state index contributed by atoms with van der Waals surface area (Å²) in [6.45, 7) is 0.759. The van der Waals surface area contributed by atoms with Crippen LogP contribution in [0.15, 0.2) is 60.7 Å². The summed E-state index contributed by atoms with van der Waals surface area (Å²) in [5.41, 5.74) is 2.64. The first-order valence-corrected chi connectivity index (χ1v) is 8.56. The fourth-order valence-electron chi connectivity index (χ4n) is 1.94. The molecule has 0 aliphatic carbocycles. The van der Waals surface area contributed by atoms with E-state index in [4.69, 9.17) is 4.43 Å². The summed E-state index contributed by atoms with van der Waals surface area (Å²) in [7, 11) is 0.584. The lowest BCUT2D eigenvalue weighted by molar-refractivity contribution is 0.322. The molecule has 0 N–H and O–H groups in total. The molecule has 18 heavy (non-hydrogen) atoms. The predicted molar refractivity (Wildman–Crippen MR) is 85.3 cm³/mol. The second-order valence-corrected chi connectivity index (χ2v) is 7.10. The predicted octanol–water partition coefficient (Wildman–Crippen LogP) is 3.85. The van der Waals surface area contributed by atoms with E-state index >= 15 is 0 Å². The third-order valence-corrected chi connectivity index (χ3v) is 4.22. The van der Waals surface area contributed by atoms with Gasteiger partial charge in [0.1, 0.15) is 0 Å². The molecule has 2 radical (unpaired) electrons. The highest BCUT2D eigenvalue weighted by Gasteiger charge is 2.13. The molecule has 3 heteroatoms. The number of halogens is 1. The van der Waals surface area contributed by atoms with Crippen molar-refractivity contribution in [2.24, 2.45) is 0 Å². The van der Waals surface area contributed by atoms with E-state index in [2.05, 4.69) is 83.3 Å². The Morgan fingerprint density at radius 2 is 1.39 bits per heavy atom. The molecule has 0 amide bonds. The van der Waals surface area contributed by atoms with Crippen LogP contribution in [0.5, 0.6) is 0 Å². The summed E-state index contributed by atoms with van der Waals surface area (Å²) >= 11 is 2.35. The minimum absolute atomic E-state index is 0.336. The van der Waals surface area contributed by atoms with E-state index in [0.717, 1.165) is 10.7 Å². The quantitative estimate of drug-likeness (QED) is 0.327. The molecule has 0 bridgehead atoms. The van der Waals surface area contributed by atoms with E-state index in [1.807, 2.05) is 0 Å². The second kappa shape index (κ2) is 7.71. The van der Waals surface area contributed by atoms with Crippen molar-refractivity contribution in [2.75, 3.05) is 10.7 Å². The number of hydrogen-bond acceptors (Lipinski definition) is 1. The zero-order valence-corrected chi connectivity index (χ0v) is 13.2. The molecule has 0 saturated heterocycles. The summed E-state index contributed by atoms with van der Waals surface area (Å²) in [5, 5.41) is 0. The van der Waals surface area contributed by atoms with Crippen LogP contribution in [0.25, 0.3) is 0 Å². The molecule has 0 heterocycles. The van der Waals surface area contributed by atoms with Gasteiger partial charge in [0.15, 0.2) is 0 Å². The molecule has 2 aromatic rings. The number of benzene rings is 2. The van der Waals surface area contributed by atoms with E-state index in [9.17, 15) is 0 Å². The highest BCUT2D eigenvalue weighted by Crippen LogP contribution is 2.24. The smallest absolute Gasteiger partial charge is 0.240 e. The van der Waals surface area contributed by atoms with Gasteiger partial charge in [0.2, 0.25) is 9.76 Å². The van der Waals surface area contributed by atoms with Gasteiger partial charge in [-0.3, -0.25) is 0 Å². The second-order valence-electron chi connectivity index (χ2n) is 3.96. The Morgan fingerprint density at radius 3 is 1.83 bits per heavy atom. The van der Waals surface area contributed by atoms with E-state index in [1.54, 1.807) is 0 Å². The van der Waals surface area contributed by atoms with Crippen LogP contribution in [-0.2, 0) is 4.43 Å². The molecule has 0 unspecified atom stereocenters. The Morgan fingerprint density at radius 1 is 0.889 bits per heavy atom. The molecular formula is C15H15IOSi. The third kappa shape index (κ3) is 3.93. The summed E-state index contributed by atoms with van der Waals surface area (Å²) in [5.74, 6) is 0.336. The largest absolute Gasteiger partial charge is 0.416 e. The fraction of sp³-hybridized carbons (Fsp3) is 0.200. The Balaban J connectivity index is 2.18. The topological polar surface area (TPSA) is 9.23 Å². The van der Waals surface area contributed by atoms with Crippen LogP contribution in [0.3, 0.4) is 0 Å². The van der Waals surface area contributed by atoms with Crippen LogP contribution in [0.1, 0.15) is 17.0 Å². The van der Waals surface area contributed by atoms with Gasteiger partial charge in [-0.1, -0.05) is 83.3 Å². The Bertz CT molecular complexity index is 407. The summed E-state index contributed by atoms with van der Waals surface area (Å²) < 4.78 is 6.84. The van der Waals surface area contributed by atoms with Crippen LogP contribution in [0, 0.1) is 0 Å². The average Bonchev–Trinajstić information content (AvgIpc) is 2.46. The zero-order chi connectivity index (χ0) is 12.6. The maximum Gasteiger partial charge on any atom is 0.240 e. The molecule has 0 atom stereocenters. The van der Waals surface area contributed by atoms with E-state index in [1.165, 1.54) is 11.1 Å². The highest BCUT2D eigenvalue weighted by atomic mass is 127. The summed E-state index contributed by atoms with van der Waals surface area (Å²) in [6.07, 6.45) is 0. The lowest BCUT2D eigenvalue weighted by Crippen LogP contribution is -2.12. The molecule has 92 valence electrons. The zero-order valence-electron chi connectivity index (χ0n) is 10.1. The first-order valence-electron chi connectivity index (χ1n) is 5.92. The summed E-state index contributed by atoms with van der Waals surface area (Å²) in [6, 6.07) is 21.2. The fourth-order valence-corrected chi connectivity index (χ4v) is 2.96. The molecule has 0 saturated carbocycles. The molecule has 0 aliphatic rings. The Hall–Kier alpha value is -0.653. The van der Waals surface area contributed by atoms with Crippen molar-refractivity contribution < 1.29 is 4.43 Å². The molecule has 0 spiro atoms. The normalized spacial score (nSPS) is 10.8. The minimum atomic E-state index is 0.336. The van der Waals surface area contributed by atoms with Crippen molar-refractivity contribution in [1.82, 2.24) is 0 Å². The van der Waals surface area contributed by atoms with Crippen LogP contribution in [0.4, 0.5) is 0 Å². The Kier molecular flexibility index (Phi) is 5.90. The minimum Gasteiger partial charge on any atom is -0.416 e. The van der Waals surface area contributed by atoms with Gasteiger partial charge in [-0.2, -0.15) is 0 Å². The molecule has 0 fully saturated rings. The summed E-state index contributed by atoms with van der Waals surface area (Å²) in [4.78, 5) is 0. The van der Waals surface area contributed by atoms with Crippen molar-refractivity contribution >= 4 is 32.4 Å². The van der Waals surface area contributed by atoms with Crippen LogP contribution < -0.4 is 0 Å². The van der Waals surface area contributed by atoms with Gasteiger partial charge < -0.3 is 4.43 Å². The van der Waals surface area contributed by atoms with Gasteiger partial charge in [0.25, 0.3) is 0 Å². The molecule has 0 aromatic heterocycles. The van der Waals surface area contributed by atoms with Crippen molar-refractivity contribution in [1.29, 1.82) is 0 Å². The average molecular weight is 366 g/mol. The van der Waals surface area contributed by atoms with Crippen LogP contribution in [0.2, 0.25) is 0 Å². The number of rotatable bonds is 6. The van der Waals surface area contributed by atoms with Gasteiger partial charge in [-0.25, -0.2) is 0 Å². The van der Waals surface area contributed by atoms with Gasteiger partial charge in [-0.15, -0.1) is 0 Å². The molecular weight excluding hydrogens is 351 g/mol. The number of alkyl halides is 1. The lowest BCUT2D eigenvalue weighted by Gasteiger charge is -2.18. The van der Waals surface area contributed by atoms with E-state index in [-0.39, 0.29) is 0 Å². The lowest BCUT2D eigenvalue weighted by atomic mass is 9.92. The molecule has 0 aliphatic heterocycles. The maximum absolute atomic E-state index is 5.77. The third-order valence-electron chi connectivity index (χ3n) is 2.81. The van der Waals surface area contributed by atoms with Crippen molar-refractivity contribution in [3.05, 3.63) is 71.8 Å². The van der Waals surface area contributed by atoms with Crippen molar-refractivity contribution in [3.63, 3.8) is 0 Å². The first kappa shape index (κ1) is 13.8. The van der Waals surface area contributed by atoms with Crippen LogP contribution >= 0.6 is 22.6 Å². The maximum atomic E-state index is 5.77. The SMILES string of the molecule is IC[Si]OCC(c1ccccc1)c1ccccc1. The van der Waals surface area contributed by atoms with E-state index < -0.39 is 0 Å². The molecule has 2 rings (SSSR count). The van der Waals surface area contributed by atoms with Gasteiger partial charge in [0, 0.05) is 16.6 Å². The van der Waals surface area contributed by atoms with Crippen molar-refractivity contribution in [3.8, 4) is 0 Å². The van der Waals surface area contributed by atoms with Gasteiger partial charge in [-0.05, 0) is 11.1 Å². The number of hydrogen-bond donors (Lipinski definition) is 0.